The van der Waals surface area contributed by atoms with Gasteiger partial charge in [-0.2, -0.15) is 0 Å². The van der Waals surface area contributed by atoms with Gasteiger partial charge in [-0.05, 0) is 111 Å². The van der Waals surface area contributed by atoms with Gasteiger partial charge in [0.15, 0.2) is 34.9 Å². The lowest BCUT2D eigenvalue weighted by Gasteiger charge is -2.19. The molecule has 0 atom stereocenters. The molecule has 88 heavy (non-hydrogen) atoms. The van der Waals surface area contributed by atoms with Crippen molar-refractivity contribution in [3.8, 4) is 102 Å². The Kier molecular flexibility index (Phi) is 13.1. The lowest BCUT2D eigenvalue weighted by molar-refractivity contribution is 0.591. The summed E-state index contributed by atoms with van der Waals surface area (Å²) in [6.07, 6.45) is 0. The van der Waals surface area contributed by atoms with Gasteiger partial charge in [-0.3, -0.25) is 0 Å². The van der Waals surface area contributed by atoms with Crippen LogP contribution in [-0.2, 0) is 10.8 Å². The summed E-state index contributed by atoms with van der Waals surface area (Å²) in [6, 6.07) is 94.4. The second-order valence-corrected chi connectivity index (χ2v) is 24.8. The molecule has 4 aromatic heterocycles. The summed E-state index contributed by atoms with van der Waals surface area (Å²) in [5.41, 5.74) is 18.2. The maximum atomic E-state index is 5.41. The molecule has 0 aliphatic carbocycles. The molecule has 422 valence electrons. The number of hydrogen-bond donors (Lipinski definition) is 0. The summed E-state index contributed by atoms with van der Waals surface area (Å²) in [5.74, 6) is 3.47. The highest BCUT2D eigenvalue weighted by Crippen LogP contribution is 2.43. The van der Waals surface area contributed by atoms with E-state index < -0.39 is 0 Å². The Morgan fingerprint density at radius 1 is 0.227 bits per heavy atom. The highest BCUT2D eigenvalue weighted by molar-refractivity contribution is 6.11. The Morgan fingerprint density at radius 3 is 0.886 bits per heavy atom. The zero-order valence-corrected chi connectivity index (χ0v) is 50.0. The van der Waals surface area contributed by atoms with Crippen molar-refractivity contribution in [1.29, 1.82) is 0 Å². The zero-order chi connectivity index (χ0) is 59.7. The van der Waals surface area contributed by atoms with Crippen LogP contribution in [-0.4, -0.2) is 39.0 Å². The minimum absolute atomic E-state index is 0.0280. The van der Waals surface area contributed by atoms with Crippen molar-refractivity contribution in [3.63, 3.8) is 0 Å². The molecule has 0 amide bonds. The summed E-state index contributed by atoms with van der Waals surface area (Å²) >= 11 is 0. The van der Waals surface area contributed by atoms with E-state index in [2.05, 4.69) is 245 Å². The van der Waals surface area contributed by atoms with E-state index in [1.165, 1.54) is 32.7 Å². The van der Waals surface area contributed by atoms with Crippen LogP contribution in [0.2, 0.25) is 0 Å². The third-order valence-electron chi connectivity index (χ3n) is 17.0. The highest BCUT2D eigenvalue weighted by Gasteiger charge is 2.25. The van der Waals surface area contributed by atoms with E-state index in [0.29, 0.717) is 34.9 Å². The van der Waals surface area contributed by atoms with Gasteiger partial charge in [0, 0.05) is 66.3 Å². The molecule has 0 saturated carbocycles. The Morgan fingerprint density at radius 2 is 0.534 bits per heavy atom. The van der Waals surface area contributed by atoms with Crippen molar-refractivity contribution in [3.05, 3.63) is 278 Å². The molecule has 0 saturated heterocycles. The average molecular weight is 1140 g/mol. The molecular weight excluding hydrogens is 1070 g/mol. The van der Waals surface area contributed by atoms with E-state index >= 15 is 0 Å². The first-order valence-corrected chi connectivity index (χ1v) is 30.1. The largest absolute Gasteiger partial charge is 0.309 e. The molecule has 15 rings (SSSR count). The Labute approximate surface area is 512 Å². The number of fused-ring (bicyclic) bond motifs is 6. The van der Waals surface area contributed by atoms with Gasteiger partial charge < -0.3 is 9.13 Å². The third kappa shape index (κ3) is 9.78. The summed E-state index contributed by atoms with van der Waals surface area (Å²) < 4.78 is 4.77. The first-order valence-electron chi connectivity index (χ1n) is 30.1. The number of rotatable bonds is 10. The number of nitrogens with zero attached hydrogens (tertiary/aromatic N) is 8. The van der Waals surface area contributed by atoms with Gasteiger partial charge in [-0.15, -0.1) is 0 Å². The number of benzene rings is 11. The summed E-state index contributed by atoms with van der Waals surface area (Å²) in [4.78, 5) is 31.9. The zero-order valence-electron chi connectivity index (χ0n) is 50.0. The van der Waals surface area contributed by atoms with Crippen molar-refractivity contribution in [2.45, 2.75) is 52.4 Å². The van der Waals surface area contributed by atoms with E-state index in [4.69, 9.17) is 29.9 Å². The average Bonchev–Trinajstić information content (AvgIpc) is 1.75. The van der Waals surface area contributed by atoms with E-state index in [1.54, 1.807) is 0 Å². The van der Waals surface area contributed by atoms with Crippen molar-refractivity contribution in [1.82, 2.24) is 39.0 Å². The maximum absolute atomic E-state index is 5.41. The van der Waals surface area contributed by atoms with Crippen LogP contribution in [0.4, 0.5) is 0 Å². The summed E-state index contributed by atoms with van der Waals surface area (Å²) in [5, 5.41) is 4.80. The van der Waals surface area contributed by atoms with Crippen LogP contribution in [0.1, 0.15) is 52.7 Å². The second kappa shape index (κ2) is 21.5. The first-order chi connectivity index (χ1) is 42.9. The molecule has 0 aliphatic rings. The third-order valence-corrected chi connectivity index (χ3v) is 17.0. The van der Waals surface area contributed by atoms with Crippen LogP contribution in [0.3, 0.4) is 0 Å². The molecule has 8 heteroatoms. The fourth-order valence-corrected chi connectivity index (χ4v) is 12.4. The van der Waals surface area contributed by atoms with Crippen LogP contribution >= 0.6 is 0 Å². The SMILES string of the molecule is CC(C)(C)c1ccc2c(c1)c1ccccc1n2-c1ccc(-c2cccc(-c3ccc(-n4c5ccccc5c5cc(C(C)(C)C)ccc54)cc3-c3nc(-c4ccccc4)nc(-c4ccccc4)n3)c2)c(-c2nc(-c3ccccc3)nc(-c3ccccc3)n2)c1. The van der Waals surface area contributed by atoms with Gasteiger partial charge in [0.2, 0.25) is 0 Å². The van der Waals surface area contributed by atoms with Gasteiger partial charge in [-0.25, -0.2) is 29.9 Å². The van der Waals surface area contributed by atoms with E-state index in [1.807, 2.05) is 72.8 Å². The Bertz CT molecular complexity index is 4710. The van der Waals surface area contributed by atoms with Crippen LogP contribution in [0.25, 0.3) is 146 Å². The molecule has 0 aliphatic heterocycles. The molecule has 11 aromatic carbocycles. The molecule has 0 unspecified atom stereocenters. The van der Waals surface area contributed by atoms with Gasteiger partial charge in [-0.1, -0.05) is 242 Å². The second-order valence-electron chi connectivity index (χ2n) is 24.8. The number of hydrogen-bond acceptors (Lipinski definition) is 6. The van der Waals surface area contributed by atoms with Gasteiger partial charge in [0.25, 0.3) is 0 Å². The summed E-state index contributed by atoms with van der Waals surface area (Å²) in [6.45, 7) is 13.6. The quantitative estimate of drug-likeness (QED) is 0.136. The highest BCUT2D eigenvalue weighted by atomic mass is 15.1. The first kappa shape index (κ1) is 53.7. The molecule has 0 fully saturated rings. The molecule has 0 N–H and O–H groups in total. The minimum Gasteiger partial charge on any atom is -0.309 e. The predicted molar refractivity (Wildman–Crippen MR) is 363 cm³/mol. The Balaban J connectivity index is 0.973. The van der Waals surface area contributed by atoms with E-state index in [0.717, 1.165) is 89.1 Å². The van der Waals surface area contributed by atoms with Crippen LogP contribution in [0, 0.1) is 0 Å². The lowest BCUT2D eigenvalue weighted by Crippen LogP contribution is -2.10. The predicted octanol–water partition coefficient (Wildman–Crippen LogP) is 20.2. The molecule has 0 radical (unpaired) electrons. The van der Waals surface area contributed by atoms with Gasteiger partial charge in [0.1, 0.15) is 0 Å². The van der Waals surface area contributed by atoms with E-state index in [9.17, 15) is 0 Å². The minimum atomic E-state index is -0.0280. The maximum Gasteiger partial charge on any atom is 0.164 e. The van der Waals surface area contributed by atoms with Gasteiger partial charge >= 0.3 is 0 Å². The molecule has 0 bridgehead atoms. The molecule has 15 aromatic rings. The molecule has 4 heterocycles. The number of para-hydroxylation sites is 2. The molecule has 8 nitrogen and oxygen atoms in total. The van der Waals surface area contributed by atoms with Crippen molar-refractivity contribution >= 4 is 43.6 Å². The topological polar surface area (TPSA) is 87.2 Å². The lowest BCUT2D eigenvalue weighted by atomic mass is 9.86. The van der Waals surface area contributed by atoms with E-state index in [-0.39, 0.29) is 10.8 Å². The fraction of sp³-hybridized carbons (Fsp3) is 0.100. The van der Waals surface area contributed by atoms with Crippen LogP contribution in [0.5, 0.6) is 0 Å². The number of aromatic nitrogens is 8. The van der Waals surface area contributed by atoms with Crippen molar-refractivity contribution < 1.29 is 0 Å². The van der Waals surface area contributed by atoms with Crippen molar-refractivity contribution in [2.75, 3.05) is 0 Å². The van der Waals surface area contributed by atoms with Crippen LogP contribution in [0.15, 0.2) is 267 Å². The molecular formula is C80H62N8. The fourth-order valence-electron chi connectivity index (χ4n) is 12.4. The normalized spacial score (nSPS) is 12.0. The molecule has 0 spiro atoms. The standard InChI is InChI=1S/C80H62N8/c1-79(2,3)57-38-44-71-65(47-57)63-34-19-21-36-69(63)87(71)59-40-42-61(67(49-59)77-83-73(51-24-11-7-12-25-51)81-74(84-77)52-26-13-8-14-27-52)55-32-23-33-56(46-55)62-43-41-60(88-70-37-22-20-35-64(70)66-48-58(80(4,5)6)39-45-72(66)88)50-68(62)78-85-75(53-28-15-9-16-29-53)82-76(86-78)54-30-17-10-18-31-54/h7-50H,1-6H3. The summed E-state index contributed by atoms with van der Waals surface area (Å²) in [7, 11) is 0. The Hall–Kier alpha value is -11.0. The van der Waals surface area contributed by atoms with Crippen molar-refractivity contribution in [2.24, 2.45) is 0 Å². The monoisotopic (exact) mass is 1130 g/mol. The van der Waals surface area contributed by atoms with Gasteiger partial charge in [0.05, 0.1) is 22.1 Å². The smallest absolute Gasteiger partial charge is 0.164 e. The van der Waals surface area contributed by atoms with Crippen LogP contribution < -0.4 is 0 Å².